The fraction of sp³-hybridized carbons (Fsp3) is 0.400. The topological polar surface area (TPSA) is 122 Å². The molecule has 3 aromatic rings. The number of carbonyl (C=O) groups excluding carboxylic acids is 2. The SMILES string of the molecule is Cc1nn2c(=O)c(C(=O)NC3CC3)c(O)n(CC(C)C)c2c1C=CC(=O)N1CCc2ccncc21. The number of carbonyl (C=O) groups is 2. The van der Waals surface area contributed by atoms with Crippen molar-refractivity contribution in [3.8, 4) is 5.88 Å². The van der Waals surface area contributed by atoms with E-state index in [2.05, 4.69) is 15.4 Å². The third kappa shape index (κ3) is 4.09. The maximum Gasteiger partial charge on any atom is 0.291 e. The predicted octanol–water partition coefficient (Wildman–Crippen LogP) is 2.06. The lowest BCUT2D eigenvalue weighted by Crippen LogP contribution is -2.34. The molecule has 0 aromatic carbocycles. The fourth-order valence-corrected chi connectivity index (χ4v) is 4.48. The molecule has 0 bridgehead atoms. The smallest absolute Gasteiger partial charge is 0.291 e. The molecule has 2 N–H and O–H groups in total. The molecule has 5 rings (SSSR count). The monoisotopic (exact) mass is 476 g/mol. The van der Waals surface area contributed by atoms with Gasteiger partial charge >= 0.3 is 0 Å². The molecule has 2 amide bonds. The number of hydrogen-bond acceptors (Lipinski definition) is 6. The van der Waals surface area contributed by atoms with Crippen molar-refractivity contribution in [1.29, 1.82) is 0 Å². The van der Waals surface area contributed by atoms with Crippen molar-refractivity contribution in [3.05, 3.63) is 57.3 Å². The van der Waals surface area contributed by atoms with Gasteiger partial charge in [0.25, 0.3) is 17.4 Å². The predicted molar refractivity (Wildman–Crippen MR) is 131 cm³/mol. The van der Waals surface area contributed by atoms with Crippen molar-refractivity contribution >= 4 is 29.2 Å². The summed E-state index contributed by atoms with van der Waals surface area (Å²) in [5.74, 6) is -1.10. The van der Waals surface area contributed by atoms with Crippen LogP contribution in [0.15, 0.2) is 29.3 Å². The summed E-state index contributed by atoms with van der Waals surface area (Å²) < 4.78 is 2.69. The largest absolute Gasteiger partial charge is 0.494 e. The number of pyridine rings is 1. The van der Waals surface area contributed by atoms with E-state index in [1.54, 1.807) is 30.3 Å². The number of rotatable bonds is 6. The fourth-order valence-electron chi connectivity index (χ4n) is 4.48. The summed E-state index contributed by atoms with van der Waals surface area (Å²) >= 11 is 0. The molecule has 0 atom stereocenters. The van der Waals surface area contributed by atoms with Gasteiger partial charge in [0, 0.05) is 37.0 Å². The average molecular weight is 477 g/mol. The number of nitrogens with one attached hydrogen (secondary N) is 1. The number of fused-ring (bicyclic) bond motifs is 2. The second kappa shape index (κ2) is 8.68. The molecule has 1 aliphatic carbocycles. The number of hydrogen-bond donors (Lipinski definition) is 2. The lowest BCUT2D eigenvalue weighted by atomic mass is 10.1. The maximum absolute atomic E-state index is 13.2. The van der Waals surface area contributed by atoms with Gasteiger partial charge in [-0.3, -0.25) is 23.9 Å². The highest BCUT2D eigenvalue weighted by atomic mass is 16.3. The van der Waals surface area contributed by atoms with E-state index in [1.807, 2.05) is 19.9 Å². The molecule has 1 saturated carbocycles. The van der Waals surface area contributed by atoms with Crippen LogP contribution in [-0.2, 0) is 17.8 Å². The molecule has 1 aliphatic heterocycles. The molecule has 0 unspecified atom stereocenters. The van der Waals surface area contributed by atoms with Crippen LogP contribution < -0.4 is 15.8 Å². The molecule has 1 fully saturated rings. The van der Waals surface area contributed by atoms with E-state index in [-0.39, 0.29) is 23.4 Å². The van der Waals surface area contributed by atoms with E-state index in [1.165, 1.54) is 10.6 Å². The highest BCUT2D eigenvalue weighted by Crippen LogP contribution is 2.28. The number of anilines is 1. The Morgan fingerprint density at radius 2 is 2.09 bits per heavy atom. The summed E-state index contributed by atoms with van der Waals surface area (Å²) in [5.41, 5.74) is 2.23. The van der Waals surface area contributed by atoms with Gasteiger partial charge < -0.3 is 15.3 Å². The molecule has 3 aromatic heterocycles. The standard InChI is InChI=1S/C25H28N6O4/c1-14(2)13-30-23-18(6-7-20(32)29-11-9-16-8-10-26-12-19(16)29)15(3)28-31(23)25(35)21(24(30)34)22(33)27-17-4-5-17/h6-8,10,12,14,17,34H,4-5,9,11,13H2,1-3H3,(H,27,33). The zero-order valence-corrected chi connectivity index (χ0v) is 20.0. The summed E-state index contributed by atoms with van der Waals surface area (Å²) in [5, 5.41) is 18.2. The number of aromatic nitrogens is 4. The van der Waals surface area contributed by atoms with Gasteiger partial charge in [0.15, 0.2) is 5.56 Å². The Morgan fingerprint density at radius 1 is 1.31 bits per heavy atom. The average Bonchev–Trinajstić information content (AvgIpc) is 3.41. The minimum Gasteiger partial charge on any atom is -0.494 e. The number of aromatic hydroxyl groups is 1. The van der Waals surface area contributed by atoms with Crippen LogP contribution in [0, 0.1) is 12.8 Å². The first-order chi connectivity index (χ1) is 16.8. The molecular formula is C25H28N6O4. The van der Waals surface area contributed by atoms with Crippen molar-refractivity contribution in [2.24, 2.45) is 5.92 Å². The molecule has 4 heterocycles. The zero-order chi connectivity index (χ0) is 24.9. The molecule has 2 aliphatic rings. The van der Waals surface area contributed by atoms with Crippen LogP contribution in [0.1, 0.15) is 53.9 Å². The van der Waals surface area contributed by atoms with E-state index < -0.39 is 17.3 Å². The Balaban J connectivity index is 1.58. The van der Waals surface area contributed by atoms with Gasteiger partial charge in [-0.15, -0.1) is 0 Å². The van der Waals surface area contributed by atoms with E-state index in [0.29, 0.717) is 30.0 Å². The lowest BCUT2D eigenvalue weighted by molar-refractivity contribution is -0.114. The third-order valence-corrected chi connectivity index (χ3v) is 6.35. The number of nitrogens with zero attached hydrogens (tertiary/aromatic N) is 5. The van der Waals surface area contributed by atoms with Crippen LogP contribution in [-0.4, -0.2) is 48.7 Å². The second-order valence-corrected chi connectivity index (χ2v) is 9.57. The van der Waals surface area contributed by atoms with Crippen LogP contribution >= 0.6 is 0 Å². The second-order valence-electron chi connectivity index (χ2n) is 9.57. The van der Waals surface area contributed by atoms with Gasteiger partial charge in [-0.05, 0) is 49.8 Å². The Labute approximate surface area is 201 Å². The highest BCUT2D eigenvalue weighted by Gasteiger charge is 2.30. The summed E-state index contributed by atoms with van der Waals surface area (Å²) in [6.45, 7) is 6.59. The summed E-state index contributed by atoms with van der Waals surface area (Å²) in [6, 6.07) is 1.94. The van der Waals surface area contributed by atoms with Crippen LogP contribution in [0.2, 0.25) is 0 Å². The van der Waals surface area contributed by atoms with E-state index >= 15 is 0 Å². The van der Waals surface area contributed by atoms with Gasteiger partial charge in [-0.2, -0.15) is 9.61 Å². The molecule has 0 radical (unpaired) electrons. The van der Waals surface area contributed by atoms with Gasteiger partial charge in [0.2, 0.25) is 5.88 Å². The Kier molecular flexibility index (Phi) is 5.66. The molecule has 182 valence electrons. The number of amides is 2. The number of aryl methyl sites for hydroxylation is 1. The quantitative estimate of drug-likeness (QED) is 0.525. The molecule has 10 heteroatoms. The first-order valence-electron chi connectivity index (χ1n) is 11.8. The van der Waals surface area contributed by atoms with Crippen molar-refractivity contribution in [2.45, 2.75) is 52.6 Å². The Morgan fingerprint density at radius 3 is 2.80 bits per heavy atom. The molecule has 0 spiro atoms. The minimum absolute atomic E-state index is 0.0327. The van der Waals surface area contributed by atoms with Crippen LogP contribution in [0.3, 0.4) is 0 Å². The van der Waals surface area contributed by atoms with Gasteiger partial charge in [-0.25, -0.2) is 0 Å². The Bertz CT molecular complexity index is 1430. The first-order valence-corrected chi connectivity index (χ1v) is 11.8. The van der Waals surface area contributed by atoms with Gasteiger partial charge in [0.1, 0.15) is 5.65 Å². The minimum atomic E-state index is -0.690. The first kappa shape index (κ1) is 22.8. The molecular weight excluding hydrogens is 448 g/mol. The van der Waals surface area contributed by atoms with Crippen molar-refractivity contribution in [1.82, 2.24) is 24.5 Å². The zero-order valence-electron chi connectivity index (χ0n) is 20.0. The molecule has 0 saturated heterocycles. The van der Waals surface area contributed by atoms with Gasteiger partial charge in [0.05, 0.1) is 17.6 Å². The Hall–Kier alpha value is -3.95. The van der Waals surface area contributed by atoms with Gasteiger partial charge in [-0.1, -0.05) is 13.8 Å². The normalized spacial score (nSPS) is 15.4. The van der Waals surface area contributed by atoms with Crippen LogP contribution in [0.25, 0.3) is 11.7 Å². The maximum atomic E-state index is 13.2. The highest BCUT2D eigenvalue weighted by molar-refractivity contribution is 6.05. The third-order valence-electron chi connectivity index (χ3n) is 6.35. The van der Waals surface area contributed by atoms with Crippen molar-refractivity contribution < 1.29 is 14.7 Å². The van der Waals surface area contributed by atoms with E-state index in [0.717, 1.165) is 35.0 Å². The molecule has 10 nitrogen and oxygen atoms in total. The van der Waals surface area contributed by atoms with Crippen molar-refractivity contribution in [3.63, 3.8) is 0 Å². The summed E-state index contributed by atoms with van der Waals surface area (Å²) in [6.07, 6.45) is 8.94. The lowest BCUT2D eigenvalue weighted by Gasteiger charge is -2.17. The van der Waals surface area contributed by atoms with E-state index in [9.17, 15) is 19.5 Å². The van der Waals surface area contributed by atoms with Crippen LogP contribution in [0.5, 0.6) is 5.88 Å². The summed E-state index contributed by atoms with van der Waals surface area (Å²) in [4.78, 5) is 44.8. The summed E-state index contributed by atoms with van der Waals surface area (Å²) in [7, 11) is 0. The molecule has 35 heavy (non-hydrogen) atoms. The van der Waals surface area contributed by atoms with Crippen molar-refractivity contribution in [2.75, 3.05) is 11.4 Å². The van der Waals surface area contributed by atoms with Crippen LogP contribution in [0.4, 0.5) is 5.69 Å². The van der Waals surface area contributed by atoms with E-state index in [4.69, 9.17) is 0 Å².